The van der Waals surface area contributed by atoms with Crippen molar-refractivity contribution < 1.29 is 9.13 Å². The molecule has 0 bridgehead atoms. The van der Waals surface area contributed by atoms with Gasteiger partial charge in [0.25, 0.3) is 0 Å². The number of methoxy groups -OCH3 is 1. The van der Waals surface area contributed by atoms with Gasteiger partial charge in [-0.1, -0.05) is 28.1 Å². The number of ether oxygens (including phenoxy) is 1. The van der Waals surface area contributed by atoms with E-state index in [0.717, 1.165) is 20.3 Å². The number of nitrogens with one attached hydrogen (secondary N) is 1. The molecule has 0 spiro atoms. The molecule has 0 heterocycles. The maximum atomic E-state index is 14.0. The molecule has 2 rings (SSSR count). The summed E-state index contributed by atoms with van der Waals surface area (Å²) in [5.41, 5.74) is 1.76. The Labute approximate surface area is 141 Å². The first-order valence-corrected chi connectivity index (χ1v) is 8.08. The van der Waals surface area contributed by atoms with Crippen LogP contribution < -0.4 is 10.1 Å². The first-order chi connectivity index (χ1) is 10.0. The van der Waals surface area contributed by atoms with E-state index in [0.29, 0.717) is 12.0 Å². The molecule has 0 saturated heterocycles. The number of likely N-dealkylation sites (N-methyl/N-ethyl adjacent to an activating group) is 1. The molecule has 112 valence electrons. The molecule has 1 atom stereocenters. The van der Waals surface area contributed by atoms with E-state index in [1.165, 1.54) is 6.07 Å². The molecule has 0 saturated carbocycles. The highest BCUT2D eigenvalue weighted by atomic mass is 79.9. The van der Waals surface area contributed by atoms with E-state index >= 15 is 0 Å². The highest BCUT2D eigenvalue weighted by Crippen LogP contribution is 2.29. The Morgan fingerprint density at radius 3 is 2.52 bits per heavy atom. The highest BCUT2D eigenvalue weighted by molar-refractivity contribution is 9.10. The van der Waals surface area contributed by atoms with Crippen LogP contribution in [0, 0.1) is 5.82 Å². The van der Waals surface area contributed by atoms with Gasteiger partial charge in [0.1, 0.15) is 11.6 Å². The Bertz CT molecular complexity index is 634. The summed E-state index contributed by atoms with van der Waals surface area (Å²) in [6.07, 6.45) is 0.578. The van der Waals surface area contributed by atoms with Crippen molar-refractivity contribution in [2.75, 3.05) is 14.2 Å². The summed E-state index contributed by atoms with van der Waals surface area (Å²) in [5, 5.41) is 3.23. The van der Waals surface area contributed by atoms with Crippen molar-refractivity contribution in [3.63, 3.8) is 0 Å². The van der Waals surface area contributed by atoms with E-state index in [-0.39, 0.29) is 11.9 Å². The molecule has 21 heavy (non-hydrogen) atoms. The quantitative estimate of drug-likeness (QED) is 0.751. The molecule has 2 nitrogen and oxygen atoms in total. The topological polar surface area (TPSA) is 21.3 Å². The summed E-state index contributed by atoms with van der Waals surface area (Å²) >= 11 is 6.76. The molecule has 1 unspecified atom stereocenters. The van der Waals surface area contributed by atoms with Crippen molar-refractivity contribution in [1.29, 1.82) is 0 Å². The minimum absolute atomic E-state index is 0.0304. The Morgan fingerprint density at radius 1 is 1.19 bits per heavy atom. The lowest BCUT2D eigenvalue weighted by molar-refractivity contribution is 0.411. The van der Waals surface area contributed by atoms with Gasteiger partial charge < -0.3 is 10.1 Å². The lowest BCUT2D eigenvalue weighted by Gasteiger charge is -2.18. The third kappa shape index (κ3) is 4.05. The fourth-order valence-electron chi connectivity index (χ4n) is 2.19. The second-order valence-electron chi connectivity index (χ2n) is 4.68. The van der Waals surface area contributed by atoms with E-state index in [2.05, 4.69) is 37.2 Å². The van der Waals surface area contributed by atoms with Gasteiger partial charge in [-0.3, -0.25) is 0 Å². The zero-order valence-electron chi connectivity index (χ0n) is 11.8. The van der Waals surface area contributed by atoms with Gasteiger partial charge in [0.2, 0.25) is 0 Å². The third-order valence-corrected chi connectivity index (χ3v) is 4.48. The summed E-state index contributed by atoms with van der Waals surface area (Å²) < 4.78 is 20.8. The van der Waals surface area contributed by atoms with Gasteiger partial charge in [0.15, 0.2) is 0 Å². The number of hydrogen-bond donors (Lipinski definition) is 1. The van der Waals surface area contributed by atoms with Crippen molar-refractivity contribution in [1.82, 2.24) is 5.32 Å². The van der Waals surface area contributed by atoms with Crippen LogP contribution in [0.15, 0.2) is 45.3 Å². The first-order valence-electron chi connectivity index (χ1n) is 6.49. The Kier molecular flexibility index (Phi) is 5.79. The average molecular weight is 417 g/mol. The molecule has 5 heteroatoms. The molecule has 0 amide bonds. The predicted octanol–water partition coefficient (Wildman–Crippen LogP) is 4.86. The molecule has 1 N–H and O–H groups in total. The zero-order valence-corrected chi connectivity index (χ0v) is 15.0. The normalized spacial score (nSPS) is 12.2. The molecule has 2 aromatic carbocycles. The van der Waals surface area contributed by atoms with Crippen LogP contribution >= 0.6 is 31.9 Å². The van der Waals surface area contributed by atoms with E-state index in [4.69, 9.17) is 4.74 Å². The smallest absolute Gasteiger partial charge is 0.133 e. The number of hydrogen-bond acceptors (Lipinski definition) is 2. The van der Waals surface area contributed by atoms with E-state index in [1.807, 2.05) is 37.4 Å². The molecule has 2 aromatic rings. The number of benzene rings is 2. The van der Waals surface area contributed by atoms with Gasteiger partial charge in [-0.15, -0.1) is 0 Å². The minimum Gasteiger partial charge on any atom is -0.496 e. The second-order valence-corrected chi connectivity index (χ2v) is 6.45. The van der Waals surface area contributed by atoms with Gasteiger partial charge in [-0.25, -0.2) is 4.39 Å². The molecule has 0 aliphatic heterocycles. The maximum Gasteiger partial charge on any atom is 0.133 e. The van der Waals surface area contributed by atoms with Crippen molar-refractivity contribution in [3.8, 4) is 5.75 Å². The van der Waals surface area contributed by atoms with Gasteiger partial charge in [-0.2, -0.15) is 0 Å². The molecule has 0 aliphatic carbocycles. The molecular weight excluding hydrogens is 401 g/mol. The fraction of sp³-hybridized carbons (Fsp3) is 0.250. The summed E-state index contributed by atoms with van der Waals surface area (Å²) in [7, 11) is 3.51. The van der Waals surface area contributed by atoms with Crippen molar-refractivity contribution in [3.05, 3.63) is 62.3 Å². The number of rotatable bonds is 5. The molecule has 0 radical (unpaired) electrons. The van der Waals surface area contributed by atoms with Crippen LogP contribution in [0.25, 0.3) is 0 Å². The Balaban J connectivity index is 2.25. The lowest BCUT2D eigenvalue weighted by Crippen LogP contribution is -2.19. The third-order valence-electron chi connectivity index (χ3n) is 3.37. The van der Waals surface area contributed by atoms with Crippen molar-refractivity contribution in [2.45, 2.75) is 12.5 Å². The second kappa shape index (κ2) is 7.38. The standard InChI is InChI=1S/C16H16Br2FNO/c1-20-15(8-10-3-5-12(17)9-14(10)19)11-4-6-16(21-2)13(18)7-11/h3-7,9,15,20H,8H2,1-2H3. The van der Waals surface area contributed by atoms with Crippen LogP contribution in [-0.4, -0.2) is 14.2 Å². The zero-order chi connectivity index (χ0) is 15.4. The monoisotopic (exact) mass is 415 g/mol. The van der Waals surface area contributed by atoms with Gasteiger partial charge in [0, 0.05) is 10.5 Å². The molecule has 0 fully saturated rings. The summed E-state index contributed by atoms with van der Waals surface area (Å²) in [6, 6.07) is 11.1. The van der Waals surface area contributed by atoms with E-state index in [9.17, 15) is 4.39 Å². The van der Waals surface area contributed by atoms with Crippen LogP contribution in [0.5, 0.6) is 5.75 Å². The maximum absolute atomic E-state index is 14.0. The molecular formula is C16H16Br2FNO. The molecule has 0 aromatic heterocycles. The largest absolute Gasteiger partial charge is 0.496 e. The Hall–Kier alpha value is -0.910. The average Bonchev–Trinajstić information content (AvgIpc) is 2.46. The van der Waals surface area contributed by atoms with Gasteiger partial charge in [0.05, 0.1) is 11.6 Å². The van der Waals surface area contributed by atoms with E-state index < -0.39 is 0 Å². The van der Waals surface area contributed by atoms with E-state index in [1.54, 1.807) is 7.11 Å². The van der Waals surface area contributed by atoms with Crippen LogP contribution in [0.3, 0.4) is 0 Å². The van der Waals surface area contributed by atoms with Crippen LogP contribution in [0.1, 0.15) is 17.2 Å². The first kappa shape index (κ1) is 16.5. The van der Waals surface area contributed by atoms with Crippen LogP contribution in [0.4, 0.5) is 4.39 Å². The van der Waals surface area contributed by atoms with Crippen molar-refractivity contribution in [2.24, 2.45) is 0 Å². The van der Waals surface area contributed by atoms with Crippen LogP contribution in [0.2, 0.25) is 0 Å². The predicted molar refractivity (Wildman–Crippen MR) is 90.3 cm³/mol. The van der Waals surface area contributed by atoms with Gasteiger partial charge in [-0.05, 0) is 64.8 Å². The van der Waals surface area contributed by atoms with Gasteiger partial charge >= 0.3 is 0 Å². The lowest BCUT2D eigenvalue weighted by atomic mass is 9.98. The summed E-state index contributed by atoms with van der Waals surface area (Å²) in [5.74, 6) is 0.584. The fourth-order valence-corrected chi connectivity index (χ4v) is 3.08. The minimum atomic E-state index is -0.197. The molecule has 0 aliphatic rings. The summed E-state index contributed by atoms with van der Waals surface area (Å²) in [4.78, 5) is 0. The SMILES string of the molecule is CNC(Cc1ccc(Br)cc1F)c1ccc(OC)c(Br)c1. The summed E-state index contributed by atoms with van der Waals surface area (Å²) in [6.45, 7) is 0. The van der Waals surface area contributed by atoms with Crippen molar-refractivity contribution >= 4 is 31.9 Å². The van der Waals surface area contributed by atoms with Crippen LogP contribution in [-0.2, 0) is 6.42 Å². The number of halogens is 3. The highest BCUT2D eigenvalue weighted by Gasteiger charge is 2.14. The Morgan fingerprint density at radius 2 is 1.95 bits per heavy atom.